The minimum absolute atomic E-state index is 0.0706. The molecule has 0 bridgehead atoms. The Kier molecular flexibility index (Phi) is 2.89. The first-order chi connectivity index (χ1) is 6.30. The van der Waals surface area contributed by atoms with Gasteiger partial charge in [-0.15, -0.1) is 4.48 Å². The molecule has 0 heterocycles. The van der Waals surface area contributed by atoms with Crippen LogP contribution in [-0.4, -0.2) is 7.05 Å². The molecule has 0 amide bonds. The second-order valence-electron chi connectivity index (χ2n) is 2.67. The zero-order valence-electron chi connectivity index (χ0n) is 7.07. The minimum atomic E-state index is -4.52. The maximum atomic E-state index is 12.6. The predicted octanol–water partition coefficient (Wildman–Crippen LogP) is 3.68. The molecule has 0 N–H and O–H groups in total. The molecule has 78 valence electrons. The van der Waals surface area contributed by atoms with Gasteiger partial charge < -0.3 is 0 Å². The summed E-state index contributed by atoms with van der Waals surface area (Å²) in [7, 11) is 0.992. The maximum Gasteiger partial charge on any atom is 0.416 e. The summed E-state index contributed by atoms with van der Waals surface area (Å²) in [6.07, 6.45) is -4.52. The van der Waals surface area contributed by atoms with E-state index in [9.17, 15) is 17.7 Å². The van der Waals surface area contributed by atoms with E-state index in [1.165, 1.54) is 0 Å². The predicted molar refractivity (Wildman–Crippen MR) is 46.0 cm³/mol. The minimum Gasteiger partial charge on any atom is -0.215 e. The van der Waals surface area contributed by atoms with Crippen molar-refractivity contribution < 1.29 is 17.7 Å². The third-order valence-electron chi connectivity index (χ3n) is 1.57. The number of alkyl halides is 3. The van der Waals surface area contributed by atoms with Crippen LogP contribution in [-0.2, 0) is 6.18 Å². The summed E-state index contributed by atoms with van der Waals surface area (Å²) in [5.41, 5.74) is -1.20. The Morgan fingerprint density at radius 3 is 2.21 bits per heavy atom. The van der Waals surface area contributed by atoms with Crippen molar-refractivity contribution in [2.24, 2.45) is 0 Å². The van der Waals surface area contributed by atoms with Crippen molar-refractivity contribution in [3.05, 3.63) is 28.8 Å². The van der Waals surface area contributed by atoms with Gasteiger partial charge in [0.1, 0.15) is 0 Å². The number of halogens is 5. The Morgan fingerprint density at radius 1 is 1.21 bits per heavy atom. The van der Waals surface area contributed by atoms with Crippen LogP contribution < -0.4 is 5.12 Å². The van der Waals surface area contributed by atoms with E-state index in [-0.39, 0.29) is 15.8 Å². The van der Waals surface area contributed by atoms with Crippen molar-refractivity contribution in [2.45, 2.75) is 6.18 Å². The van der Waals surface area contributed by atoms with Gasteiger partial charge in [0.05, 0.1) is 11.3 Å². The van der Waals surface area contributed by atoms with E-state index >= 15 is 0 Å². The number of nitrogens with zero attached hydrogens (tertiary/aromatic N) is 1. The molecule has 1 nitrogen and oxygen atoms in total. The second-order valence-corrected chi connectivity index (χ2v) is 3.11. The first-order valence-corrected chi connectivity index (χ1v) is 3.96. The summed E-state index contributed by atoms with van der Waals surface area (Å²) < 4.78 is 49.2. The molecular formula is C8H6ClF4N. The monoisotopic (exact) mass is 227 g/mol. The van der Waals surface area contributed by atoms with Gasteiger partial charge in [-0.2, -0.15) is 13.2 Å². The van der Waals surface area contributed by atoms with Crippen molar-refractivity contribution in [3.63, 3.8) is 0 Å². The highest BCUT2D eigenvalue weighted by Crippen LogP contribution is 2.34. The zero-order chi connectivity index (χ0) is 10.9. The van der Waals surface area contributed by atoms with Crippen LogP contribution in [0.2, 0.25) is 5.02 Å². The fourth-order valence-corrected chi connectivity index (χ4v) is 1.15. The SMILES string of the molecule is CN(F)c1cc(Cl)cc(C(F)(F)F)c1. The Bertz CT molecular complexity index is 335. The molecule has 0 saturated heterocycles. The summed E-state index contributed by atoms with van der Waals surface area (Å²) in [4.78, 5) is 0. The molecule has 14 heavy (non-hydrogen) atoms. The maximum absolute atomic E-state index is 12.6. The van der Waals surface area contributed by atoms with Gasteiger partial charge in [-0.25, -0.2) is 5.12 Å². The smallest absolute Gasteiger partial charge is 0.215 e. The molecule has 0 fully saturated rings. The molecule has 0 aliphatic heterocycles. The highest BCUT2D eigenvalue weighted by Gasteiger charge is 2.31. The lowest BCUT2D eigenvalue weighted by atomic mass is 10.2. The molecule has 0 spiro atoms. The van der Waals surface area contributed by atoms with Crippen LogP contribution in [0.5, 0.6) is 0 Å². The molecule has 6 heteroatoms. The highest BCUT2D eigenvalue weighted by molar-refractivity contribution is 6.30. The lowest BCUT2D eigenvalue weighted by molar-refractivity contribution is -0.137. The molecular weight excluding hydrogens is 222 g/mol. The topological polar surface area (TPSA) is 3.24 Å². The third kappa shape index (κ3) is 2.51. The van der Waals surface area contributed by atoms with Gasteiger partial charge in [0.2, 0.25) is 0 Å². The van der Waals surface area contributed by atoms with Gasteiger partial charge in [0.25, 0.3) is 0 Å². The molecule has 1 aromatic rings. The van der Waals surface area contributed by atoms with E-state index in [2.05, 4.69) is 0 Å². The van der Waals surface area contributed by atoms with E-state index < -0.39 is 11.7 Å². The van der Waals surface area contributed by atoms with Gasteiger partial charge in [-0.3, -0.25) is 0 Å². The van der Waals surface area contributed by atoms with Gasteiger partial charge in [-0.05, 0) is 18.2 Å². The van der Waals surface area contributed by atoms with Gasteiger partial charge in [0.15, 0.2) is 0 Å². The van der Waals surface area contributed by atoms with Crippen LogP contribution in [0.4, 0.5) is 23.3 Å². The quantitative estimate of drug-likeness (QED) is 0.523. The van der Waals surface area contributed by atoms with Crippen LogP contribution in [0.25, 0.3) is 0 Å². The molecule has 0 aromatic heterocycles. The summed E-state index contributed by atoms with van der Waals surface area (Å²) >= 11 is 5.41. The average Bonchev–Trinajstić information content (AvgIpc) is 2.01. The Hall–Kier alpha value is -0.970. The number of hydrogen-bond acceptors (Lipinski definition) is 1. The van der Waals surface area contributed by atoms with Gasteiger partial charge in [-0.1, -0.05) is 11.6 Å². The number of anilines is 1. The standard InChI is InChI=1S/C8H6ClF4N/c1-14(13)7-3-5(8(10,11)12)2-6(9)4-7/h2-4H,1H3. The van der Waals surface area contributed by atoms with Crippen molar-refractivity contribution in [1.29, 1.82) is 0 Å². The molecule has 0 unspecified atom stereocenters. The summed E-state index contributed by atoms with van der Waals surface area (Å²) in [6, 6.07) is 2.54. The van der Waals surface area contributed by atoms with Crippen LogP contribution >= 0.6 is 11.6 Å². The lowest BCUT2D eigenvalue weighted by Crippen LogP contribution is -2.08. The average molecular weight is 228 g/mol. The Balaban J connectivity index is 3.21. The van der Waals surface area contributed by atoms with E-state index in [1.807, 2.05) is 0 Å². The summed E-state index contributed by atoms with van der Waals surface area (Å²) in [5, 5.41) is -0.0828. The molecule has 1 rings (SSSR count). The summed E-state index contributed by atoms with van der Waals surface area (Å²) in [5.74, 6) is 0. The fraction of sp³-hybridized carbons (Fsp3) is 0.250. The van der Waals surface area contributed by atoms with Crippen LogP contribution in [0, 0.1) is 0 Å². The first kappa shape index (κ1) is 11.1. The number of benzene rings is 1. The fourth-order valence-electron chi connectivity index (χ4n) is 0.916. The van der Waals surface area contributed by atoms with Crippen molar-refractivity contribution in [1.82, 2.24) is 0 Å². The number of hydrogen-bond donors (Lipinski definition) is 0. The van der Waals surface area contributed by atoms with E-state index in [1.54, 1.807) is 0 Å². The second kappa shape index (κ2) is 3.65. The largest absolute Gasteiger partial charge is 0.416 e. The zero-order valence-corrected chi connectivity index (χ0v) is 7.83. The normalized spacial score (nSPS) is 11.6. The van der Waals surface area contributed by atoms with Crippen LogP contribution in [0.1, 0.15) is 5.56 Å². The van der Waals surface area contributed by atoms with E-state index in [0.29, 0.717) is 6.07 Å². The van der Waals surface area contributed by atoms with Gasteiger partial charge in [0, 0.05) is 12.1 Å². The summed E-state index contributed by atoms with van der Waals surface area (Å²) in [6.45, 7) is 0. The highest BCUT2D eigenvalue weighted by atomic mass is 35.5. The molecule has 0 saturated carbocycles. The Labute approximate surface area is 82.8 Å². The molecule has 0 radical (unpaired) electrons. The molecule has 1 aromatic carbocycles. The lowest BCUT2D eigenvalue weighted by Gasteiger charge is -2.12. The van der Waals surface area contributed by atoms with Crippen LogP contribution in [0.15, 0.2) is 18.2 Å². The van der Waals surface area contributed by atoms with Crippen molar-refractivity contribution in [3.8, 4) is 0 Å². The van der Waals surface area contributed by atoms with Crippen molar-refractivity contribution >= 4 is 17.3 Å². The molecule has 0 aliphatic carbocycles. The van der Waals surface area contributed by atoms with Gasteiger partial charge >= 0.3 is 6.18 Å². The van der Waals surface area contributed by atoms with Crippen molar-refractivity contribution in [2.75, 3.05) is 12.2 Å². The van der Waals surface area contributed by atoms with Crippen LogP contribution in [0.3, 0.4) is 0 Å². The number of rotatable bonds is 1. The first-order valence-electron chi connectivity index (χ1n) is 3.58. The van der Waals surface area contributed by atoms with E-state index in [4.69, 9.17) is 11.6 Å². The Morgan fingerprint density at radius 2 is 1.79 bits per heavy atom. The molecule has 0 atom stereocenters. The molecule has 0 aliphatic rings. The third-order valence-corrected chi connectivity index (χ3v) is 1.78. The van der Waals surface area contributed by atoms with E-state index in [0.717, 1.165) is 19.2 Å².